The molecular weight excluding hydrogens is 250 g/mol. The minimum absolute atomic E-state index is 0.0111. The third-order valence-electron chi connectivity index (χ3n) is 2.38. The van der Waals surface area contributed by atoms with Crippen molar-refractivity contribution in [3.05, 3.63) is 34.3 Å². The van der Waals surface area contributed by atoms with Gasteiger partial charge in [-0.1, -0.05) is 0 Å². The maximum atomic E-state index is 10.8. The van der Waals surface area contributed by atoms with E-state index in [1.807, 2.05) is 13.1 Å². The average molecular weight is 263 g/mol. The predicted octanol–water partition coefficient (Wildman–Crippen LogP) is 0.584. The van der Waals surface area contributed by atoms with Crippen molar-refractivity contribution in [1.82, 2.24) is 19.7 Å². The quantitative estimate of drug-likeness (QED) is 0.597. The molecule has 19 heavy (non-hydrogen) atoms. The monoisotopic (exact) mass is 263 g/mol. The summed E-state index contributed by atoms with van der Waals surface area (Å²) >= 11 is 0. The highest BCUT2D eigenvalue weighted by Gasteiger charge is 2.15. The van der Waals surface area contributed by atoms with E-state index in [4.69, 9.17) is 5.73 Å². The van der Waals surface area contributed by atoms with Crippen LogP contribution in [0.25, 0.3) is 0 Å². The number of hydrogen-bond donors (Lipinski definition) is 2. The molecule has 2 heterocycles. The lowest BCUT2D eigenvalue weighted by Gasteiger charge is -2.06. The number of nitro groups is 1. The van der Waals surface area contributed by atoms with Gasteiger partial charge in [-0.2, -0.15) is 10.1 Å². The fraction of sp³-hybridized carbons (Fsp3) is 0.300. The van der Waals surface area contributed by atoms with Crippen LogP contribution in [0.15, 0.2) is 18.6 Å². The van der Waals surface area contributed by atoms with Crippen LogP contribution in [0.1, 0.15) is 5.56 Å². The van der Waals surface area contributed by atoms with E-state index in [0.717, 1.165) is 11.8 Å². The normalized spacial score (nSPS) is 10.4. The number of nitrogen functional groups attached to an aromatic ring is 1. The molecule has 2 aromatic rings. The molecule has 0 radical (unpaired) electrons. The molecule has 2 aromatic heterocycles. The Morgan fingerprint density at radius 2 is 2.32 bits per heavy atom. The second kappa shape index (κ2) is 5.29. The maximum Gasteiger partial charge on any atom is 0.329 e. The van der Waals surface area contributed by atoms with E-state index >= 15 is 0 Å². The Hall–Kier alpha value is -2.71. The van der Waals surface area contributed by atoms with Crippen molar-refractivity contribution >= 4 is 17.5 Å². The Labute approximate surface area is 108 Å². The summed E-state index contributed by atoms with van der Waals surface area (Å²) in [5.41, 5.74) is 6.26. The summed E-state index contributed by atoms with van der Waals surface area (Å²) in [6, 6.07) is 0. The highest BCUT2D eigenvalue weighted by Crippen LogP contribution is 2.20. The summed E-state index contributed by atoms with van der Waals surface area (Å²) in [5.74, 6) is 0.101. The molecule has 0 fully saturated rings. The molecule has 0 unspecified atom stereocenters. The van der Waals surface area contributed by atoms with Crippen molar-refractivity contribution in [2.24, 2.45) is 0 Å². The van der Waals surface area contributed by atoms with E-state index in [1.54, 1.807) is 10.9 Å². The first-order valence-electron chi connectivity index (χ1n) is 5.56. The molecule has 0 atom stereocenters. The second-order valence-corrected chi connectivity index (χ2v) is 3.93. The molecule has 0 amide bonds. The molecule has 2 rings (SSSR count). The first-order chi connectivity index (χ1) is 9.06. The number of aryl methyl sites for hydroxylation is 1. The molecule has 0 aliphatic carbocycles. The fourth-order valence-corrected chi connectivity index (χ4v) is 1.53. The van der Waals surface area contributed by atoms with Crippen molar-refractivity contribution < 1.29 is 4.92 Å². The Kier molecular flexibility index (Phi) is 3.55. The summed E-state index contributed by atoms with van der Waals surface area (Å²) in [4.78, 5) is 17.7. The van der Waals surface area contributed by atoms with Crippen molar-refractivity contribution in [3.63, 3.8) is 0 Å². The Morgan fingerprint density at radius 3 is 2.95 bits per heavy atom. The van der Waals surface area contributed by atoms with Crippen molar-refractivity contribution in [1.29, 1.82) is 0 Å². The predicted molar refractivity (Wildman–Crippen MR) is 68.6 cm³/mol. The highest BCUT2D eigenvalue weighted by atomic mass is 16.6. The molecule has 100 valence electrons. The summed E-state index contributed by atoms with van der Waals surface area (Å²) < 4.78 is 1.73. The Bertz CT molecular complexity index is 595. The minimum Gasteiger partial charge on any atom is -0.368 e. The molecule has 0 saturated carbocycles. The van der Waals surface area contributed by atoms with Crippen LogP contribution in [0.4, 0.5) is 17.5 Å². The van der Waals surface area contributed by atoms with Crippen LogP contribution < -0.4 is 11.1 Å². The molecule has 9 nitrogen and oxygen atoms in total. The van der Waals surface area contributed by atoms with E-state index in [9.17, 15) is 10.1 Å². The lowest BCUT2D eigenvalue weighted by Crippen LogP contribution is -2.13. The molecule has 0 aliphatic heterocycles. The van der Waals surface area contributed by atoms with Gasteiger partial charge < -0.3 is 11.1 Å². The molecule has 0 aliphatic rings. The summed E-state index contributed by atoms with van der Waals surface area (Å²) in [6.45, 7) is 2.94. The lowest BCUT2D eigenvalue weighted by atomic mass is 10.4. The van der Waals surface area contributed by atoms with Gasteiger partial charge in [0.05, 0.1) is 17.7 Å². The molecule has 3 N–H and O–H groups in total. The molecule has 9 heteroatoms. The zero-order valence-corrected chi connectivity index (χ0v) is 10.3. The first-order valence-corrected chi connectivity index (χ1v) is 5.56. The summed E-state index contributed by atoms with van der Waals surface area (Å²) in [5, 5.41) is 17.8. The fourth-order valence-electron chi connectivity index (χ4n) is 1.53. The van der Waals surface area contributed by atoms with Crippen LogP contribution >= 0.6 is 0 Å². The zero-order chi connectivity index (χ0) is 13.8. The molecular formula is C10H13N7O2. The second-order valence-electron chi connectivity index (χ2n) is 3.93. The number of hydrogen-bond acceptors (Lipinski definition) is 7. The van der Waals surface area contributed by atoms with Gasteiger partial charge in [0.2, 0.25) is 11.8 Å². The van der Waals surface area contributed by atoms with Crippen LogP contribution in [0, 0.1) is 17.0 Å². The molecule has 0 bridgehead atoms. The number of nitrogens with one attached hydrogen (secondary N) is 1. The van der Waals surface area contributed by atoms with Gasteiger partial charge in [0, 0.05) is 12.7 Å². The van der Waals surface area contributed by atoms with Crippen LogP contribution in [-0.4, -0.2) is 31.2 Å². The topological polar surface area (TPSA) is 125 Å². The van der Waals surface area contributed by atoms with Crippen LogP contribution in [0.2, 0.25) is 0 Å². The number of nitrogens with two attached hydrogens (primary N) is 1. The standard InChI is InChI=1S/C10H13N7O2/c1-7-4-14-16(6-7)3-2-12-9-8(17(18)19)5-13-10(11)15-9/h4-6H,2-3H2,1H3,(H3,11,12,13,15). The molecule has 0 aromatic carbocycles. The average Bonchev–Trinajstić information content (AvgIpc) is 2.75. The number of nitrogens with zero attached hydrogens (tertiary/aromatic N) is 5. The van der Waals surface area contributed by atoms with E-state index in [1.165, 1.54) is 0 Å². The van der Waals surface area contributed by atoms with Gasteiger partial charge in [-0.05, 0) is 12.5 Å². The van der Waals surface area contributed by atoms with E-state index < -0.39 is 4.92 Å². The number of rotatable bonds is 5. The van der Waals surface area contributed by atoms with Crippen LogP contribution in [0.3, 0.4) is 0 Å². The van der Waals surface area contributed by atoms with Gasteiger partial charge in [-0.15, -0.1) is 0 Å². The maximum absolute atomic E-state index is 10.8. The van der Waals surface area contributed by atoms with Gasteiger partial charge in [-0.25, -0.2) is 4.98 Å². The van der Waals surface area contributed by atoms with Gasteiger partial charge in [0.1, 0.15) is 6.20 Å². The van der Waals surface area contributed by atoms with Crippen molar-refractivity contribution in [3.8, 4) is 0 Å². The summed E-state index contributed by atoms with van der Waals surface area (Å²) in [6.07, 6.45) is 4.71. The molecule has 0 spiro atoms. The molecule has 0 saturated heterocycles. The highest BCUT2D eigenvalue weighted by molar-refractivity contribution is 5.56. The zero-order valence-electron chi connectivity index (χ0n) is 10.3. The van der Waals surface area contributed by atoms with Gasteiger partial charge in [0.25, 0.3) is 0 Å². The van der Waals surface area contributed by atoms with Crippen LogP contribution in [-0.2, 0) is 6.54 Å². The van der Waals surface area contributed by atoms with Gasteiger partial charge in [0.15, 0.2) is 0 Å². The largest absolute Gasteiger partial charge is 0.368 e. The Balaban J connectivity index is 2.02. The van der Waals surface area contributed by atoms with E-state index in [-0.39, 0.29) is 17.5 Å². The lowest BCUT2D eigenvalue weighted by molar-refractivity contribution is -0.384. The van der Waals surface area contributed by atoms with Crippen molar-refractivity contribution in [2.45, 2.75) is 13.5 Å². The van der Waals surface area contributed by atoms with Crippen LogP contribution in [0.5, 0.6) is 0 Å². The third-order valence-corrected chi connectivity index (χ3v) is 2.38. The van der Waals surface area contributed by atoms with Gasteiger partial charge in [-0.3, -0.25) is 14.8 Å². The third kappa shape index (κ3) is 3.15. The minimum atomic E-state index is -0.556. The first kappa shape index (κ1) is 12.7. The number of aromatic nitrogens is 4. The van der Waals surface area contributed by atoms with E-state index in [2.05, 4.69) is 20.4 Å². The number of anilines is 2. The summed E-state index contributed by atoms with van der Waals surface area (Å²) in [7, 11) is 0. The SMILES string of the molecule is Cc1cnn(CCNc2nc(N)ncc2[N+](=O)[O-])c1. The Morgan fingerprint density at radius 1 is 1.53 bits per heavy atom. The smallest absolute Gasteiger partial charge is 0.329 e. The van der Waals surface area contributed by atoms with Crippen molar-refractivity contribution in [2.75, 3.05) is 17.6 Å². The van der Waals surface area contributed by atoms with E-state index in [0.29, 0.717) is 13.1 Å². The van der Waals surface area contributed by atoms with Gasteiger partial charge >= 0.3 is 5.69 Å².